The second kappa shape index (κ2) is 7.12. The van der Waals surface area contributed by atoms with E-state index in [1.165, 1.54) is 12.1 Å². The molecule has 94 valence electrons. The highest BCUT2D eigenvalue weighted by Crippen LogP contribution is 2.11. The van der Waals surface area contributed by atoms with Crippen LogP contribution in [0.4, 0.5) is 4.39 Å². The Kier molecular flexibility index (Phi) is 5.77. The monoisotopic (exact) mass is 259 g/mol. The van der Waals surface area contributed by atoms with E-state index in [-0.39, 0.29) is 11.7 Å². The SMILES string of the molecule is CN(CCOc1cccc(F)c1)C(=O)CCCl. The van der Waals surface area contributed by atoms with Crippen molar-refractivity contribution in [2.24, 2.45) is 0 Å². The van der Waals surface area contributed by atoms with E-state index >= 15 is 0 Å². The van der Waals surface area contributed by atoms with Gasteiger partial charge >= 0.3 is 0 Å². The Morgan fingerprint density at radius 3 is 2.94 bits per heavy atom. The molecule has 0 saturated heterocycles. The average molecular weight is 260 g/mol. The molecule has 1 rings (SSSR count). The van der Waals surface area contributed by atoms with Crippen LogP contribution in [0.1, 0.15) is 6.42 Å². The lowest BCUT2D eigenvalue weighted by Gasteiger charge is -2.16. The maximum absolute atomic E-state index is 12.8. The molecule has 0 radical (unpaired) electrons. The molecule has 0 N–H and O–H groups in total. The summed E-state index contributed by atoms with van der Waals surface area (Å²) in [4.78, 5) is 12.9. The second-order valence-corrected chi connectivity index (χ2v) is 3.94. The van der Waals surface area contributed by atoms with Crippen LogP contribution in [0.15, 0.2) is 24.3 Å². The van der Waals surface area contributed by atoms with Crippen LogP contribution >= 0.6 is 11.6 Å². The van der Waals surface area contributed by atoms with E-state index in [4.69, 9.17) is 16.3 Å². The number of alkyl halides is 1. The fraction of sp³-hybridized carbons (Fsp3) is 0.417. The maximum atomic E-state index is 12.8. The number of hydrogen-bond acceptors (Lipinski definition) is 2. The molecule has 0 atom stereocenters. The van der Waals surface area contributed by atoms with Crippen LogP contribution in [0.5, 0.6) is 5.75 Å². The van der Waals surface area contributed by atoms with Crippen LogP contribution in [-0.4, -0.2) is 36.9 Å². The molecule has 0 bridgehead atoms. The van der Waals surface area contributed by atoms with E-state index in [9.17, 15) is 9.18 Å². The summed E-state index contributed by atoms with van der Waals surface area (Å²) in [6.07, 6.45) is 0.317. The van der Waals surface area contributed by atoms with Gasteiger partial charge in [0.25, 0.3) is 0 Å². The lowest BCUT2D eigenvalue weighted by molar-refractivity contribution is -0.129. The van der Waals surface area contributed by atoms with Crippen LogP contribution in [0.3, 0.4) is 0 Å². The Morgan fingerprint density at radius 1 is 1.53 bits per heavy atom. The molecule has 0 aliphatic rings. The quantitative estimate of drug-likeness (QED) is 0.734. The largest absolute Gasteiger partial charge is 0.492 e. The van der Waals surface area contributed by atoms with E-state index in [1.807, 2.05) is 0 Å². The topological polar surface area (TPSA) is 29.5 Å². The van der Waals surface area contributed by atoms with Crippen molar-refractivity contribution >= 4 is 17.5 Å². The summed E-state index contributed by atoms with van der Waals surface area (Å²) in [5, 5.41) is 0. The summed E-state index contributed by atoms with van der Waals surface area (Å²) in [6, 6.07) is 5.90. The molecule has 5 heteroatoms. The smallest absolute Gasteiger partial charge is 0.223 e. The van der Waals surface area contributed by atoms with E-state index in [0.29, 0.717) is 31.2 Å². The molecule has 0 aliphatic carbocycles. The minimum Gasteiger partial charge on any atom is -0.492 e. The average Bonchev–Trinajstić information content (AvgIpc) is 2.29. The predicted molar refractivity (Wildman–Crippen MR) is 64.9 cm³/mol. The van der Waals surface area contributed by atoms with Crippen molar-refractivity contribution in [1.29, 1.82) is 0 Å². The number of rotatable bonds is 6. The van der Waals surface area contributed by atoms with Gasteiger partial charge in [0.1, 0.15) is 18.2 Å². The Morgan fingerprint density at radius 2 is 2.29 bits per heavy atom. The van der Waals surface area contributed by atoms with Crippen molar-refractivity contribution in [3.63, 3.8) is 0 Å². The molecule has 1 aromatic rings. The predicted octanol–water partition coefficient (Wildman–Crippen LogP) is 2.29. The molecule has 0 fully saturated rings. The molecule has 0 aliphatic heterocycles. The van der Waals surface area contributed by atoms with Gasteiger partial charge in [-0.3, -0.25) is 4.79 Å². The van der Waals surface area contributed by atoms with Crippen molar-refractivity contribution in [1.82, 2.24) is 4.90 Å². The number of benzene rings is 1. The van der Waals surface area contributed by atoms with E-state index in [2.05, 4.69) is 0 Å². The highest BCUT2D eigenvalue weighted by molar-refractivity contribution is 6.18. The molecule has 0 aromatic heterocycles. The zero-order valence-electron chi connectivity index (χ0n) is 9.66. The Bertz CT molecular complexity index is 373. The zero-order chi connectivity index (χ0) is 12.7. The summed E-state index contributed by atoms with van der Waals surface area (Å²) in [7, 11) is 1.68. The number of halogens is 2. The maximum Gasteiger partial charge on any atom is 0.223 e. The van der Waals surface area contributed by atoms with E-state index < -0.39 is 0 Å². The Labute approximate surface area is 105 Å². The summed E-state index contributed by atoms with van der Waals surface area (Å²) in [6.45, 7) is 0.778. The summed E-state index contributed by atoms with van der Waals surface area (Å²) in [5.41, 5.74) is 0. The molecular weight excluding hydrogens is 245 g/mol. The number of carbonyl (C=O) groups is 1. The number of carbonyl (C=O) groups excluding carboxylic acids is 1. The molecular formula is C12H15ClFNO2. The number of likely N-dealkylation sites (N-methyl/N-ethyl adjacent to an activating group) is 1. The molecule has 0 unspecified atom stereocenters. The molecule has 0 heterocycles. The van der Waals surface area contributed by atoms with Gasteiger partial charge in [-0.05, 0) is 12.1 Å². The minimum atomic E-state index is -0.339. The number of nitrogens with zero attached hydrogens (tertiary/aromatic N) is 1. The molecule has 1 amide bonds. The highest BCUT2D eigenvalue weighted by Gasteiger charge is 2.07. The summed E-state index contributed by atoms with van der Waals surface area (Å²) in [5.74, 6) is 0.411. The van der Waals surface area contributed by atoms with E-state index in [0.717, 1.165) is 0 Å². The van der Waals surface area contributed by atoms with Gasteiger partial charge < -0.3 is 9.64 Å². The third kappa shape index (κ3) is 5.04. The Hall–Kier alpha value is -1.29. The first-order valence-electron chi connectivity index (χ1n) is 5.32. The fourth-order valence-electron chi connectivity index (χ4n) is 1.25. The van der Waals surface area contributed by atoms with Gasteiger partial charge in [-0.2, -0.15) is 0 Å². The third-order valence-electron chi connectivity index (χ3n) is 2.23. The zero-order valence-corrected chi connectivity index (χ0v) is 10.4. The summed E-state index contributed by atoms with van der Waals surface area (Å²) < 4.78 is 18.1. The van der Waals surface area contributed by atoms with Gasteiger partial charge in [-0.25, -0.2) is 4.39 Å². The van der Waals surface area contributed by atoms with E-state index in [1.54, 1.807) is 24.1 Å². The van der Waals surface area contributed by atoms with Crippen molar-refractivity contribution in [3.05, 3.63) is 30.1 Å². The van der Waals surface area contributed by atoms with Crippen molar-refractivity contribution in [3.8, 4) is 5.75 Å². The van der Waals surface area contributed by atoms with Crippen molar-refractivity contribution in [2.45, 2.75) is 6.42 Å². The van der Waals surface area contributed by atoms with Crippen LogP contribution < -0.4 is 4.74 Å². The van der Waals surface area contributed by atoms with Crippen molar-refractivity contribution in [2.75, 3.05) is 26.1 Å². The van der Waals surface area contributed by atoms with Gasteiger partial charge in [0, 0.05) is 25.4 Å². The fourth-order valence-corrected chi connectivity index (χ4v) is 1.42. The van der Waals surface area contributed by atoms with Gasteiger partial charge in [-0.15, -0.1) is 11.6 Å². The first-order chi connectivity index (χ1) is 8.13. The third-order valence-corrected chi connectivity index (χ3v) is 2.41. The number of ether oxygens (including phenoxy) is 1. The standard InChI is InChI=1S/C12H15ClFNO2/c1-15(12(16)5-6-13)7-8-17-11-4-2-3-10(14)9-11/h2-4,9H,5-8H2,1H3. The van der Waals surface area contributed by atoms with Crippen molar-refractivity contribution < 1.29 is 13.9 Å². The normalized spacial score (nSPS) is 10.1. The van der Waals surface area contributed by atoms with Gasteiger partial charge in [-0.1, -0.05) is 6.07 Å². The lowest BCUT2D eigenvalue weighted by atomic mass is 10.3. The molecule has 0 saturated carbocycles. The van der Waals surface area contributed by atoms with Crippen LogP contribution in [-0.2, 0) is 4.79 Å². The molecule has 3 nitrogen and oxygen atoms in total. The number of hydrogen-bond donors (Lipinski definition) is 0. The first kappa shape index (κ1) is 13.8. The van der Waals surface area contributed by atoms with Crippen LogP contribution in [0.2, 0.25) is 0 Å². The lowest BCUT2D eigenvalue weighted by Crippen LogP contribution is -2.30. The first-order valence-corrected chi connectivity index (χ1v) is 5.85. The second-order valence-electron chi connectivity index (χ2n) is 3.56. The molecule has 17 heavy (non-hydrogen) atoms. The van der Waals surface area contributed by atoms with Crippen LogP contribution in [0.25, 0.3) is 0 Å². The van der Waals surface area contributed by atoms with Gasteiger partial charge in [0.05, 0.1) is 6.54 Å². The van der Waals surface area contributed by atoms with Gasteiger partial charge in [0.2, 0.25) is 5.91 Å². The highest BCUT2D eigenvalue weighted by atomic mass is 35.5. The van der Waals surface area contributed by atoms with Gasteiger partial charge in [0.15, 0.2) is 0 Å². The molecule has 1 aromatic carbocycles. The minimum absolute atomic E-state index is 0.0251. The van der Waals surface area contributed by atoms with Crippen LogP contribution in [0, 0.1) is 5.82 Å². The molecule has 0 spiro atoms. The number of amides is 1. The summed E-state index contributed by atoms with van der Waals surface area (Å²) >= 11 is 5.47. The Balaban J connectivity index is 2.30.